The van der Waals surface area contributed by atoms with Crippen molar-refractivity contribution in [3.63, 3.8) is 0 Å². The van der Waals surface area contributed by atoms with E-state index in [-0.39, 0.29) is 41.6 Å². The van der Waals surface area contributed by atoms with Gasteiger partial charge in [0.1, 0.15) is 0 Å². The molecule has 2 aliphatic carbocycles. The van der Waals surface area contributed by atoms with Crippen molar-refractivity contribution in [2.75, 3.05) is 19.6 Å². The third-order valence-electron chi connectivity index (χ3n) is 6.51. The number of halogens is 1. The quantitative estimate of drug-likeness (QED) is 0.797. The minimum atomic E-state index is 0. The average molecular weight is 372 g/mol. The van der Waals surface area contributed by atoms with Crippen LogP contribution in [0.2, 0.25) is 0 Å². The zero-order valence-corrected chi connectivity index (χ0v) is 16.3. The number of nitrogens with zero attached hydrogens (tertiary/aromatic N) is 1. The Morgan fingerprint density at radius 2 is 1.72 bits per heavy atom. The Hall–Kier alpha value is -0.810. The van der Waals surface area contributed by atoms with Gasteiger partial charge >= 0.3 is 0 Å². The molecule has 144 valence electrons. The van der Waals surface area contributed by atoms with E-state index in [4.69, 9.17) is 5.73 Å². The lowest BCUT2D eigenvalue weighted by Crippen LogP contribution is -2.43. The average Bonchev–Trinajstić information content (AvgIpc) is 3.25. The van der Waals surface area contributed by atoms with Gasteiger partial charge in [-0.2, -0.15) is 0 Å². The van der Waals surface area contributed by atoms with Crippen LogP contribution in [0.25, 0.3) is 0 Å². The standard InChI is InChI=1S/C19H33N3O2.ClH/c1-19(12-20)10-11-22(13-19)18(24)15-6-8-16(9-7-15)21-17(23)14-4-2-3-5-14;/h14-16H,2-13,20H2,1H3,(H,21,23);1H. The van der Waals surface area contributed by atoms with Gasteiger partial charge in [0.05, 0.1) is 0 Å². The first kappa shape index (κ1) is 20.5. The van der Waals surface area contributed by atoms with Gasteiger partial charge in [0.15, 0.2) is 0 Å². The van der Waals surface area contributed by atoms with Crippen molar-refractivity contribution in [1.29, 1.82) is 0 Å². The number of carbonyl (C=O) groups excluding carboxylic acids is 2. The second kappa shape index (κ2) is 8.72. The molecule has 1 aliphatic heterocycles. The molecule has 1 heterocycles. The van der Waals surface area contributed by atoms with Crippen LogP contribution in [0.4, 0.5) is 0 Å². The highest BCUT2D eigenvalue weighted by atomic mass is 35.5. The van der Waals surface area contributed by atoms with E-state index >= 15 is 0 Å². The molecule has 3 fully saturated rings. The van der Waals surface area contributed by atoms with Gasteiger partial charge < -0.3 is 16.0 Å². The number of likely N-dealkylation sites (tertiary alicyclic amines) is 1. The highest BCUT2D eigenvalue weighted by Gasteiger charge is 2.38. The van der Waals surface area contributed by atoms with Crippen molar-refractivity contribution in [2.45, 2.75) is 70.8 Å². The van der Waals surface area contributed by atoms with E-state index in [0.29, 0.717) is 12.5 Å². The van der Waals surface area contributed by atoms with Crippen molar-refractivity contribution < 1.29 is 9.59 Å². The van der Waals surface area contributed by atoms with Gasteiger partial charge in [-0.05, 0) is 56.9 Å². The van der Waals surface area contributed by atoms with E-state index in [9.17, 15) is 9.59 Å². The third kappa shape index (κ3) is 4.88. The number of nitrogens with one attached hydrogen (secondary N) is 1. The van der Waals surface area contributed by atoms with Crippen LogP contribution >= 0.6 is 12.4 Å². The summed E-state index contributed by atoms with van der Waals surface area (Å²) in [5, 5.41) is 3.23. The molecule has 3 rings (SSSR count). The smallest absolute Gasteiger partial charge is 0.225 e. The Labute approximate surface area is 157 Å². The summed E-state index contributed by atoms with van der Waals surface area (Å²) >= 11 is 0. The maximum absolute atomic E-state index is 12.7. The van der Waals surface area contributed by atoms with Gasteiger partial charge in [-0.3, -0.25) is 9.59 Å². The lowest BCUT2D eigenvalue weighted by Gasteiger charge is -2.32. The molecule has 0 aromatic rings. The van der Waals surface area contributed by atoms with E-state index in [2.05, 4.69) is 12.2 Å². The molecule has 25 heavy (non-hydrogen) atoms. The van der Waals surface area contributed by atoms with Gasteiger partial charge in [-0.15, -0.1) is 12.4 Å². The van der Waals surface area contributed by atoms with Gasteiger partial charge in [0.25, 0.3) is 0 Å². The van der Waals surface area contributed by atoms with Crippen molar-refractivity contribution >= 4 is 24.2 Å². The summed E-state index contributed by atoms with van der Waals surface area (Å²) in [5.41, 5.74) is 5.95. The van der Waals surface area contributed by atoms with E-state index in [1.165, 1.54) is 12.8 Å². The first-order chi connectivity index (χ1) is 11.5. The molecular formula is C19H34ClN3O2. The first-order valence-electron chi connectivity index (χ1n) is 9.80. The Morgan fingerprint density at radius 1 is 1.08 bits per heavy atom. The summed E-state index contributed by atoms with van der Waals surface area (Å²) in [4.78, 5) is 27.0. The Morgan fingerprint density at radius 3 is 2.28 bits per heavy atom. The molecule has 1 unspecified atom stereocenters. The minimum absolute atomic E-state index is 0. The van der Waals surface area contributed by atoms with Gasteiger partial charge in [-0.1, -0.05) is 19.8 Å². The van der Waals surface area contributed by atoms with Crippen LogP contribution in [0.5, 0.6) is 0 Å². The fourth-order valence-electron chi connectivity index (χ4n) is 4.63. The van der Waals surface area contributed by atoms with Crippen molar-refractivity contribution in [2.24, 2.45) is 23.0 Å². The van der Waals surface area contributed by atoms with Crippen LogP contribution < -0.4 is 11.1 Å². The highest BCUT2D eigenvalue weighted by Crippen LogP contribution is 2.33. The fourth-order valence-corrected chi connectivity index (χ4v) is 4.63. The number of hydrogen-bond acceptors (Lipinski definition) is 3. The molecule has 0 aromatic carbocycles. The molecule has 3 N–H and O–H groups in total. The molecule has 2 amide bonds. The van der Waals surface area contributed by atoms with Gasteiger partial charge in [0, 0.05) is 31.0 Å². The minimum Gasteiger partial charge on any atom is -0.353 e. The molecule has 6 heteroatoms. The summed E-state index contributed by atoms with van der Waals surface area (Å²) in [7, 11) is 0. The summed E-state index contributed by atoms with van der Waals surface area (Å²) in [6, 6.07) is 0.273. The molecular weight excluding hydrogens is 338 g/mol. The van der Waals surface area contributed by atoms with Gasteiger partial charge in [0.2, 0.25) is 11.8 Å². The molecule has 0 radical (unpaired) electrons. The Balaban J connectivity index is 0.00000225. The summed E-state index contributed by atoms with van der Waals surface area (Å²) in [6.07, 6.45) is 9.20. The van der Waals surface area contributed by atoms with Crippen LogP contribution in [0.1, 0.15) is 64.7 Å². The second-order valence-electron chi connectivity index (χ2n) is 8.56. The molecule has 3 aliphatic rings. The predicted octanol–water partition coefficient (Wildman–Crippen LogP) is 2.47. The first-order valence-corrected chi connectivity index (χ1v) is 9.80. The number of carbonyl (C=O) groups is 2. The topological polar surface area (TPSA) is 75.4 Å². The zero-order valence-electron chi connectivity index (χ0n) is 15.5. The van der Waals surface area contributed by atoms with E-state index in [1.54, 1.807) is 0 Å². The fraction of sp³-hybridized carbons (Fsp3) is 0.895. The van der Waals surface area contributed by atoms with E-state index in [1.807, 2.05) is 4.90 Å². The molecule has 1 saturated heterocycles. The monoisotopic (exact) mass is 371 g/mol. The lowest BCUT2D eigenvalue weighted by atomic mass is 9.84. The van der Waals surface area contributed by atoms with Crippen molar-refractivity contribution in [1.82, 2.24) is 10.2 Å². The molecule has 0 aromatic heterocycles. The molecule has 5 nitrogen and oxygen atoms in total. The predicted molar refractivity (Wildman–Crippen MR) is 101 cm³/mol. The summed E-state index contributed by atoms with van der Waals surface area (Å²) < 4.78 is 0. The van der Waals surface area contributed by atoms with Crippen LogP contribution in [0.3, 0.4) is 0 Å². The van der Waals surface area contributed by atoms with Crippen LogP contribution in [0.15, 0.2) is 0 Å². The molecule has 1 atom stereocenters. The SMILES string of the molecule is CC1(CN)CCN(C(=O)C2CCC(NC(=O)C3CCCC3)CC2)C1.Cl. The van der Waals surface area contributed by atoms with E-state index in [0.717, 1.165) is 58.0 Å². The molecule has 0 spiro atoms. The normalized spacial score (nSPS) is 33.1. The Kier molecular flexibility index (Phi) is 7.15. The van der Waals surface area contributed by atoms with Gasteiger partial charge in [-0.25, -0.2) is 0 Å². The van der Waals surface area contributed by atoms with Crippen LogP contribution in [-0.2, 0) is 9.59 Å². The number of hydrogen-bond donors (Lipinski definition) is 2. The van der Waals surface area contributed by atoms with Crippen molar-refractivity contribution in [3.05, 3.63) is 0 Å². The van der Waals surface area contributed by atoms with Crippen LogP contribution in [0, 0.1) is 17.3 Å². The highest BCUT2D eigenvalue weighted by molar-refractivity contribution is 5.85. The van der Waals surface area contributed by atoms with E-state index < -0.39 is 0 Å². The summed E-state index contributed by atoms with van der Waals surface area (Å²) in [6.45, 7) is 4.48. The van der Waals surface area contributed by atoms with Crippen LogP contribution in [-0.4, -0.2) is 42.4 Å². The maximum Gasteiger partial charge on any atom is 0.225 e. The molecule has 2 saturated carbocycles. The maximum atomic E-state index is 12.7. The second-order valence-corrected chi connectivity index (χ2v) is 8.56. The number of amides is 2. The number of nitrogens with two attached hydrogens (primary N) is 1. The van der Waals surface area contributed by atoms with Crippen molar-refractivity contribution in [3.8, 4) is 0 Å². The third-order valence-corrected chi connectivity index (χ3v) is 6.51. The number of rotatable bonds is 4. The Bertz CT molecular complexity index is 473. The molecule has 0 bridgehead atoms. The lowest BCUT2D eigenvalue weighted by molar-refractivity contribution is -0.136. The zero-order chi connectivity index (χ0) is 17.2. The largest absolute Gasteiger partial charge is 0.353 e. The summed E-state index contributed by atoms with van der Waals surface area (Å²) in [5.74, 6) is 0.945.